The van der Waals surface area contributed by atoms with Crippen LogP contribution in [-0.2, 0) is 9.59 Å². The van der Waals surface area contributed by atoms with Gasteiger partial charge in [-0.3, -0.25) is 14.9 Å². The largest absolute Gasteiger partial charge is 0.497 e. The molecule has 0 atom stereocenters. The van der Waals surface area contributed by atoms with Crippen LogP contribution in [0.15, 0.2) is 60.7 Å². The van der Waals surface area contributed by atoms with Crippen molar-refractivity contribution >= 4 is 41.2 Å². The zero-order valence-corrected chi connectivity index (χ0v) is 16.2. The lowest BCUT2D eigenvalue weighted by Crippen LogP contribution is -2.54. The van der Waals surface area contributed by atoms with Gasteiger partial charge in [-0.1, -0.05) is 30.3 Å². The number of rotatable bonds is 6. The highest BCUT2D eigenvalue weighted by atomic mass is 35.5. The predicted molar refractivity (Wildman–Crippen MR) is 109 cm³/mol. The summed E-state index contributed by atoms with van der Waals surface area (Å²) in [6.07, 6.45) is 2.92. The van der Waals surface area contributed by atoms with Gasteiger partial charge in [0.15, 0.2) is 0 Å². The second-order valence-corrected chi connectivity index (χ2v) is 6.38. The van der Waals surface area contributed by atoms with Crippen molar-refractivity contribution < 1.29 is 23.9 Å². The summed E-state index contributed by atoms with van der Waals surface area (Å²) in [6, 6.07) is 10.3. The number of halogens is 1. The number of imide groups is 2. The monoisotopic (exact) mass is 412 g/mol. The van der Waals surface area contributed by atoms with Gasteiger partial charge in [0.2, 0.25) is 0 Å². The molecule has 1 N–H and O–H groups in total. The Kier molecular flexibility index (Phi) is 5.99. The fourth-order valence-corrected chi connectivity index (χ4v) is 2.88. The van der Waals surface area contributed by atoms with E-state index in [1.165, 1.54) is 19.3 Å². The second-order valence-electron chi connectivity index (χ2n) is 5.94. The quantitative estimate of drug-likeness (QED) is 0.445. The Morgan fingerprint density at radius 3 is 2.66 bits per heavy atom. The fraction of sp³-hybridized carbons (Fsp3) is 0.0952. The van der Waals surface area contributed by atoms with E-state index in [9.17, 15) is 14.4 Å². The van der Waals surface area contributed by atoms with Gasteiger partial charge < -0.3 is 9.47 Å². The Morgan fingerprint density at radius 1 is 1.17 bits per heavy atom. The zero-order chi connectivity index (χ0) is 21.0. The SMILES string of the molecule is C=CCOc1cc(OC)ccc1/C=C1\C(=O)NC(=O)N(c2cccc(Cl)c2)C1=O. The summed E-state index contributed by atoms with van der Waals surface area (Å²) >= 11 is 5.96. The Bertz CT molecular complexity index is 1030. The van der Waals surface area contributed by atoms with Crippen molar-refractivity contribution in [3.8, 4) is 11.5 Å². The van der Waals surface area contributed by atoms with E-state index < -0.39 is 17.8 Å². The molecule has 0 aliphatic carbocycles. The lowest BCUT2D eigenvalue weighted by Gasteiger charge is -2.26. The Balaban J connectivity index is 2.04. The van der Waals surface area contributed by atoms with E-state index in [1.54, 1.807) is 42.5 Å². The van der Waals surface area contributed by atoms with Crippen molar-refractivity contribution in [2.45, 2.75) is 0 Å². The number of carbonyl (C=O) groups is 3. The average Bonchev–Trinajstić information content (AvgIpc) is 2.70. The first-order valence-corrected chi connectivity index (χ1v) is 8.91. The molecular formula is C21H17ClN2O5. The van der Waals surface area contributed by atoms with Gasteiger partial charge >= 0.3 is 6.03 Å². The number of nitrogens with one attached hydrogen (secondary N) is 1. The minimum Gasteiger partial charge on any atom is -0.497 e. The molecule has 8 heteroatoms. The molecule has 2 aromatic carbocycles. The van der Waals surface area contributed by atoms with E-state index in [0.29, 0.717) is 22.1 Å². The normalized spacial score (nSPS) is 15.3. The van der Waals surface area contributed by atoms with E-state index in [0.717, 1.165) is 4.90 Å². The molecule has 0 spiro atoms. The van der Waals surface area contributed by atoms with Crippen LogP contribution in [0.3, 0.4) is 0 Å². The molecule has 1 fully saturated rings. The van der Waals surface area contributed by atoms with Crippen LogP contribution in [0.25, 0.3) is 6.08 Å². The van der Waals surface area contributed by atoms with Crippen molar-refractivity contribution in [2.24, 2.45) is 0 Å². The Morgan fingerprint density at radius 2 is 1.97 bits per heavy atom. The maximum Gasteiger partial charge on any atom is 0.335 e. The van der Waals surface area contributed by atoms with E-state index in [2.05, 4.69) is 11.9 Å². The molecule has 4 amide bonds. The molecule has 0 unspecified atom stereocenters. The summed E-state index contributed by atoms with van der Waals surface area (Å²) in [5, 5.41) is 2.52. The number of ether oxygens (including phenoxy) is 2. The van der Waals surface area contributed by atoms with Crippen LogP contribution in [0.5, 0.6) is 11.5 Å². The van der Waals surface area contributed by atoms with Gasteiger partial charge in [-0.05, 0) is 36.4 Å². The summed E-state index contributed by atoms with van der Waals surface area (Å²) < 4.78 is 10.8. The first-order valence-electron chi connectivity index (χ1n) is 8.53. The number of hydrogen-bond donors (Lipinski definition) is 1. The highest BCUT2D eigenvalue weighted by molar-refractivity contribution is 6.39. The lowest BCUT2D eigenvalue weighted by atomic mass is 10.1. The molecule has 29 heavy (non-hydrogen) atoms. The summed E-state index contributed by atoms with van der Waals surface area (Å²) in [5.41, 5.74) is 0.487. The second kappa shape index (κ2) is 8.62. The molecule has 1 heterocycles. The standard InChI is InChI=1S/C21H17ClN2O5/c1-3-9-29-18-12-16(28-2)8-7-13(18)10-17-19(25)23-21(27)24(20(17)26)15-6-4-5-14(22)11-15/h3-8,10-12H,1,9H2,2H3,(H,23,25,27)/b17-10+. The number of nitrogens with zero attached hydrogens (tertiary/aromatic N) is 1. The van der Waals surface area contributed by atoms with Crippen LogP contribution in [0.4, 0.5) is 10.5 Å². The predicted octanol–water partition coefficient (Wildman–Crippen LogP) is 3.58. The smallest absolute Gasteiger partial charge is 0.335 e. The number of carbonyl (C=O) groups excluding carboxylic acids is 3. The molecule has 1 aliphatic rings. The summed E-state index contributed by atoms with van der Waals surface area (Å²) in [5.74, 6) is -0.639. The maximum absolute atomic E-state index is 13.0. The fourth-order valence-electron chi connectivity index (χ4n) is 2.70. The molecule has 1 aliphatic heterocycles. The van der Waals surface area contributed by atoms with Gasteiger partial charge in [0, 0.05) is 16.7 Å². The van der Waals surface area contributed by atoms with Crippen LogP contribution in [0, 0.1) is 0 Å². The first-order chi connectivity index (χ1) is 13.9. The molecule has 0 radical (unpaired) electrons. The molecule has 1 saturated heterocycles. The number of urea groups is 1. The van der Waals surface area contributed by atoms with Gasteiger partial charge in [-0.2, -0.15) is 0 Å². The summed E-state index contributed by atoms with van der Waals surface area (Å²) in [6.45, 7) is 3.82. The Labute approximate surface area is 172 Å². The van der Waals surface area contributed by atoms with E-state index >= 15 is 0 Å². The summed E-state index contributed by atoms with van der Waals surface area (Å²) in [4.78, 5) is 38.4. The van der Waals surface area contributed by atoms with Gasteiger partial charge in [0.1, 0.15) is 23.7 Å². The topological polar surface area (TPSA) is 84.9 Å². The van der Waals surface area contributed by atoms with E-state index in [1.807, 2.05) is 0 Å². The third-order valence-corrected chi connectivity index (χ3v) is 4.28. The van der Waals surface area contributed by atoms with Crippen LogP contribution < -0.4 is 19.7 Å². The van der Waals surface area contributed by atoms with Gasteiger partial charge in [0.25, 0.3) is 11.8 Å². The highest BCUT2D eigenvalue weighted by Crippen LogP contribution is 2.29. The molecule has 0 saturated carbocycles. The number of anilines is 1. The van der Waals surface area contributed by atoms with E-state index in [-0.39, 0.29) is 17.9 Å². The highest BCUT2D eigenvalue weighted by Gasteiger charge is 2.37. The third kappa shape index (κ3) is 4.30. The number of methoxy groups -OCH3 is 1. The first kappa shape index (κ1) is 20.2. The van der Waals surface area contributed by atoms with Crippen LogP contribution in [-0.4, -0.2) is 31.6 Å². The van der Waals surface area contributed by atoms with Gasteiger partial charge in [0.05, 0.1) is 12.8 Å². The molecule has 0 aromatic heterocycles. The number of amides is 4. The minimum atomic E-state index is -0.850. The maximum atomic E-state index is 13.0. The van der Waals surface area contributed by atoms with Gasteiger partial charge in [-0.15, -0.1) is 0 Å². The van der Waals surface area contributed by atoms with Crippen LogP contribution in [0.1, 0.15) is 5.56 Å². The van der Waals surface area contributed by atoms with E-state index in [4.69, 9.17) is 21.1 Å². The van der Waals surface area contributed by atoms with Crippen molar-refractivity contribution in [3.63, 3.8) is 0 Å². The van der Waals surface area contributed by atoms with Crippen molar-refractivity contribution in [2.75, 3.05) is 18.6 Å². The van der Waals surface area contributed by atoms with Crippen molar-refractivity contribution in [3.05, 3.63) is 71.3 Å². The van der Waals surface area contributed by atoms with Crippen LogP contribution >= 0.6 is 11.6 Å². The summed E-state index contributed by atoms with van der Waals surface area (Å²) in [7, 11) is 1.51. The van der Waals surface area contributed by atoms with Gasteiger partial charge in [-0.25, -0.2) is 9.69 Å². The Hall–Kier alpha value is -3.58. The molecule has 7 nitrogen and oxygen atoms in total. The van der Waals surface area contributed by atoms with Crippen molar-refractivity contribution in [1.29, 1.82) is 0 Å². The molecule has 0 bridgehead atoms. The third-order valence-electron chi connectivity index (χ3n) is 4.05. The number of hydrogen-bond acceptors (Lipinski definition) is 5. The number of barbiturate groups is 1. The number of benzene rings is 2. The van der Waals surface area contributed by atoms with Crippen LogP contribution in [0.2, 0.25) is 5.02 Å². The lowest BCUT2D eigenvalue weighted by molar-refractivity contribution is -0.122. The molecule has 3 rings (SSSR count). The molecular weight excluding hydrogens is 396 g/mol. The zero-order valence-electron chi connectivity index (χ0n) is 15.5. The van der Waals surface area contributed by atoms with Crippen molar-refractivity contribution in [1.82, 2.24) is 5.32 Å². The minimum absolute atomic E-state index is 0.219. The average molecular weight is 413 g/mol. The molecule has 2 aromatic rings. The molecule has 148 valence electrons.